The highest BCUT2D eigenvalue weighted by Gasteiger charge is 2.40. The van der Waals surface area contributed by atoms with Crippen LogP contribution in [0.2, 0.25) is 0 Å². The number of carboxylic acids is 6. The normalized spacial score (nSPS) is 14.2. The van der Waals surface area contributed by atoms with E-state index in [9.17, 15) is 44.1 Å². The van der Waals surface area contributed by atoms with Gasteiger partial charge < -0.3 is 52.9 Å². The summed E-state index contributed by atoms with van der Waals surface area (Å²) in [6, 6.07) is 2.23. The highest BCUT2D eigenvalue weighted by molar-refractivity contribution is 5.74. The summed E-state index contributed by atoms with van der Waals surface area (Å²) in [5.74, 6) is -9.12. The molecule has 0 radical (unpaired) electrons. The minimum atomic E-state index is -2.00. The van der Waals surface area contributed by atoms with Crippen molar-refractivity contribution in [2.75, 3.05) is 45.0 Å². The number of carbonyl (C=O) groups is 6. The lowest BCUT2D eigenvalue weighted by atomic mass is 9.77. The van der Waals surface area contributed by atoms with Gasteiger partial charge in [-0.2, -0.15) is 0 Å². The van der Waals surface area contributed by atoms with Crippen molar-refractivity contribution >= 4 is 41.5 Å². The Balaban J connectivity index is 3.65. The van der Waals surface area contributed by atoms with Crippen LogP contribution in [-0.4, -0.2) is 121 Å². The Bertz CT molecular complexity index is 1090. The fraction of sp³-hybridized carbons (Fsp3) is 0.500. The molecule has 1 aromatic rings. The van der Waals surface area contributed by atoms with Crippen LogP contribution >= 0.6 is 0 Å². The Kier molecular flexibility index (Phi) is 12.6. The van der Waals surface area contributed by atoms with E-state index in [-0.39, 0.29) is 29.9 Å². The van der Waals surface area contributed by atoms with E-state index >= 15 is 0 Å². The summed E-state index contributed by atoms with van der Waals surface area (Å²) in [5.41, 5.74) is 14.1. The number of benzene rings is 1. The van der Waals surface area contributed by atoms with Crippen molar-refractivity contribution in [3.63, 3.8) is 0 Å². The van der Waals surface area contributed by atoms with Crippen molar-refractivity contribution in [2.45, 2.75) is 36.8 Å². The van der Waals surface area contributed by atoms with Crippen LogP contribution in [0.3, 0.4) is 0 Å². The largest absolute Gasteiger partial charge is 0.507 e. The molecule has 0 fully saturated rings. The standard InChI is InChI=1S/C24H35N5O13/c25-13-5-14(23(26,7-16(30)31)1-3-28(9-18(34)35)10-19(36)37)22(42)15(6-13)24(27,8-17(32)33)2-4-29(11-20(38)39)12-21(40)41/h5-6,42H,1-4,7-12,25-27H2,(H,30,31)(H,32,33)(H,34,35)(H,36,37)(H,38,39)(H,40,41). The monoisotopic (exact) mass is 601 g/mol. The molecular formula is C24H35N5O13. The summed E-state index contributed by atoms with van der Waals surface area (Å²) in [6.07, 6.45) is -2.53. The molecule has 0 saturated heterocycles. The summed E-state index contributed by atoms with van der Waals surface area (Å²) in [7, 11) is 0. The van der Waals surface area contributed by atoms with Gasteiger partial charge in [-0.25, -0.2) is 0 Å². The van der Waals surface area contributed by atoms with Gasteiger partial charge in [-0.15, -0.1) is 0 Å². The molecule has 0 aromatic heterocycles. The second-order valence-corrected chi connectivity index (χ2v) is 9.91. The number of nitrogens with two attached hydrogens (primary N) is 3. The van der Waals surface area contributed by atoms with Gasteiger partial charge >= 0.3 is 35.8 Å². The first-order valence-corrected chi connectivity index (χ1v) is 12.2. The van der Waals surface area contributed by atoms with E-state index in [1.54, 1.807) is 0 Å². The lowest BCUT2D eigenvalue weighted by molar-refractivity contribution is -0.144. The average Bonchev–Trinajstić information content (AvgIpc) is 2.80. The lowest BCUT2D eigenvalue weighted by Gasteiger charge is -2.36. The molecule has 0 aliphatic carbocycles. The van der Waals surface area contributed by atoms with E-state index in [4.69, 9.17) is 37.6 Å². The van der Waals surface area contributed by atoms with Crippen LogP contribution < -0.4 is 17.2 Å². The Morgan fingerprint density at radius 2 is 0.881 bits per heavy atom. The predicted molar refractivity (Wildman–Crippen MR) is 141 cm³/mol. The van der Waals surface area contributed by atoms with Gasteiger partial charge in [0.15, 0.2) is 0 Å². The van der Waals surface area contributed by atoms with Crippen LogP contribution in [-0.2, 0) is 39.8 Å². The Hall–Kier alpha value is -4.52. The van der Waals surface area contributed by atoms with E-state index < -0.39 is 105 Å². The molecule has 1 rings (SSSR count). The third-order valence-corrected chi connectivity index (χ3v) is 6.32. The van der Waals surface area contributed by atoms with Crippen molar-refractivity contribution in [3.8, 4) is 5.75 Å². The molecule has 0 aliphatic heterocycles. The molecule has 234 valence electrons. The zero-order chi connectivity index (χ0) is 32.4. The molecule has 0 heterocycles. The highest BCUT2D eigenvalue weighted by atomic mass is 16.4. The van der Waals surface area contributed by atoms with Crippen LogP contribution in [0.1, 0.15) is 36.8 Å². The summed E-state index contributed by atoms with van der Waals surface area (Å²) < 4.78 is 0. The van der Waals surface area contributed by atoms with Crippen LogP contribution in [0.5, 0.6) is 5.75 Å². The number of nitrogens with zero attached hydrogens (tertiary/aromatic N) is 2. The van der Waals surface area contributed by atoms with E-state index in [0.717, 1.165) is 21.9 Å². The topological polar surface area (TPSA) is 329 Å². The Labute approximate surface area is 238 Å². The number of phenols is 1. The fourth-order valence-electron chi connectivity index (χ4n) is 4.50. The maximum Gasteiger partial charge on any atom is 0.317 e. The molecule has 0 saturated carbocycles. The number of rotatable bonds is 20. The fourth-order valence-corrected chi connectivity index (χ4v) is 4.50. The summed E-state index contributed by atoms with van der Waals surface area (Å²) >= 11 is 0. The highest BCUT2D eigenvalue weighted by Crippen LogP contribution is 2.42. The maximum atomic E-state index is 11.8. The van der Waals surface area contributed by atoms with Crippen molar-refractivity contribution in [1.82, 2.24) is 9.80 Å². The molecule has 42 heavy (non-hydrogen) atoms. The van der Waals surface area contributed by atoms with E-state index in [1.165, 1.54) is 0 Å². The third-order valence-electron chi connectivity index (χ3n) is 6.32. The van der Waals surface area contributed by atoms with Gasteiger partial charge in [0.05, 0.1) is 50.1 Å². The zero-order valence-electron chi connectivity index (χ0n) is 22.4. The summed E-state index contributed by atoms with van der Waals surface area (Å²) in [5, 5.41) is 66.9. The van der Waals surface area contributed by atoms with Crippen LogP contribution in [0.4, 0.5) is 5.69 Å². The number of aromatic hydroxyl groups is 1. The van der Waals surface area contributed by atoms with E-state index in [1.807, 2.05) is 0 Å². The summed E-state index contributed by atoms with van der Waals surface area (Å²) in [4.78, 5) is 70.2. The molecule has 0 spiro atoms. The molecule has 2 unspecified atom stereocenters. The smallest absolute Gasteiger partial charge is 0.317 e. The zero-order valence-corrected chi connectivity index (χ0v) is 22.4. The van der Waals surface area contributed by atoms with Crippen LogP contribution in [0, 0.1) is 0 Å². The molecule has 0 bridgehead atoms. The molecule has 1 aromatic carbocycles. The van der Waals surface area contributed by atoms with Crippen LogP contribution in [0.25, 0.3) is 0 Å². The molecule has 2 atom stereocenters. The third kappa shape index (κ3) is 11.2. The number of anilines is 1. The second-order valence-electron chi connectivity index (χ2n) is 9.91. The van der Waals surface area contributed by atoms with Gasteiger partial charge in [0, 0.05) is 29.9 Å². The number of aliphatic carboxylic acids is 6. The van der Waals surface area contributed by atoms with Gasteiger partial charge in [0.1, 0.15) is 5.75 Å². The predicted octanol–water partition coefficient (Wildman–Crippen LogP) is -2.05. The number of carboxylic acid groups (broad SMARTS) is 6. The Morgan fingerprint density at radius 1 is 0.595 bits per heavy atom. The minimum Gasteiger partial charge on any atom is -0.507 e. The van der Waals surface area contributed by atoms with Crippen molar-refractivity contribution < 1.29 is 64.5 Å². The first kappa shape index (κ1) is 35.5. The van der Waals surface area contributed by atoms with Crippen molar-refractivity contribution in [2.24, 2.45) is 11.5 Å². The summed E-state index contributed by atoms with van der Waals surface area (Å²) in [6.45, 7) is -3.61. The molecule has 18 nitrogen and oxygen atoms in total. The van der Waals surface area contributed by atoms with Gasteiger partial charge in [-0.1, -0.05) is 0 Å². The van der Waals surface area contributed by atoms with Crippen molar-refractivity contribution in [1.29, 1.82) is 0 Å². The van der Waals surface area contributed by atoms with E-state index in [0.29, 0.717) is 0 Å². The lowest BCUT2D eigenvalue weighted by Crippen LogP contribution is -2.46. The first-order valence-electron chi connectivity index (χ1n) is 12.2. The number of hydrogen-bond donors (Lipinski definition) is 10. The first-order chi connectivity index (χ1) is 19.3. The minimum absolute atomic E-state index is 0.140. The van der Waals surface area contributed by atoms with Crippen molar-refractivity contribution in [3.05, 3.63) is 23.3 Å². The quantitative estimate of drug-likeness (QED) is 0.0567. The molecule has 0 aliphatic rings. The maximum absolute atomic E-state index is 11.8. The Morgan fingerprint density at radius 3 is 1.12 bits per heavy atom. The number of nitrogen functional groups attached to an aromatic ring is 1. The van der Waals surface area contributed by atoms with Gasteiger partial charge in [-0.3, -0.25) is 38.6 Å². The number of hydrogen-bond acceptors (Lipinski definition) is 12. The SMILES string of the molecule is Nc1cc(C(N)(CCN(CC(=O)O)CC(=O)O)CC(=O)O)c(O)c(C(N)(CCN(CC(=O)O)CC(=O)O)CC(=O)O)c1. The van der Waals surface area contributed by atoms with E-state index in [2.05, 4.69) is 0 Å². The van der Waals surface area contributed by atoms with Gasteiger partial charge in [0.25, 0.3) is 0 Å². The van der Waals surface area contributed by atoms with Crippen LogP contribution in [0.15, 0.2) is 12.1 Å². The molecule has 18 heteroatoms. The average molecular weight is 602 g/mol. The second kappa shape index (κ2) is 14.9. The molecular weight excluding hydrogens is 566 g/mol. The number of phenolic OH excluding ortho intramolecular Hbond substituents is 1. The van der Waals surface area contributed by atoms with Gasteiger partial charge in [-0.05, 0) is 25.0 Å². The van der Waals surface area contributed by atoms with Gasteiger partial charge in [0.2, 0.25) is 0 Å². The molecule has 0 amide bonds. The molecule has 13 N–H and O–H groups in total.